The number of thioether (sulfide) groups is 1. The number of furan rings is 1. The zero-order chi connectivity index (χ0) is 23.4. The van der Waals surface area contributed by atoms with Crippen LogP contribution in [0.1, 0.15) is 37.7 Å². The topological polar surface area (TPSA) is 73.0 Å². The van der Waals surface area contributed by atoms with Gasteiger partial charge in [-0.05, 0) is 36.1 Å². The first-order chi connectivity index (χ1) is 15.8. The molecule has 0 aliphatic carbocycles. The second-order valence-corrected chi connectivity index (χ2v) is 9.91. The summed E-state index contributed by atoms with van der Waals surface area (Å²) in [5.74, 6) is 1.69. The Morgan fingerprint density at radius 2 is 1.79 bits per heavy atom. The summed E-state index contributed by atoms with van der Waals surface area (Å²) in [7, 11) is 0. The van der Waals surface area contributed by atoms with Gasteiger partial charge in [-0.2, -0.15) is 0 Å². The number of carbonyl (C=O) groups excluding carboxylic acids is 1. The Kier molecular flexibility index (Phi) is 6.70. The molecular formula is C26H28N4O2S. The highest BCUT2D eigenvalue weighted by molar-refractivity contribution is 7.99. The molecule has 2 aromatic heterocycles. The van der Waals surface area contributed by atoms with Gasteiger partial charge < -0.3 is 9.73 Å². The second kappa shape index (κ2) is 9.67. The molecule has 0 unspecified atom stereocenters. The van der Waals surface area contributed by atoms with Crippen LogP contribution in [0.2, 0.25) is 0 Å². The van der Waals surface area contributed by atoms with Crippen molar-refractivity contribution >= 4 is 23.4 Å². The lowest BCUT2D eigenvalue weighted by atomic mass is 9.86. The van der Waals surface area contributed by atoms with Crippen LogP contribution < -0.4 is 5.32 Å². The first-order valence-electron chi connectivity index (χ1n) is 10.9. The molecule has 0 spiro atoms. The highest BCUT2D eigenvalue weighted by Crippen LogP contribution is 2.30. The van der Waals surface area contributed by atoms with E-state index in [4.69, 9.17) is 4.42 Å². The number of nitrogens with one attached hydrogen (secondary N) is 1. The molecule has 7 heteroatoms. The van der Waals surface area contributed by atoms with E-state index in [1.165, 1.54) is 17.3 Å². The van der Waals surface area contributed by atoms with E-state index >= 15 is 0 Å². The van der Waals surface area contributed by atoms with Gasteiger partial charge in [-0.3, -0.25) is 9.36 Å². The number of hydrogen-bond donors (Lipinski definition) is 1. The molecular weight excluding hydrogens is 432 g/mol. The van der Waals surface area contributed by atoms with Crippen LogP contribution in [0.4, 0.5) is 5.69 Å². The zero-order valence-electron chi connectivity index (χ0n) is 19.3. The number of anilines is 1. The first-order valence-corrected chi connectivity index (χ1v) is 11.8. The number of benzene rings is 2. The number of carbonyl (C=O) groups is 1. The molecule has 0 aliphatic rings. The fourth-order valence-electron chi connectivity index (χ4n) is 3.58. The fourth-order valence-corrected chi connectivity index (χ4v) is 4.31. The largest absolute Gasteiger partial charge is 0.467 e. The predicted octanol–water partition coefficient (Wildman–Crippen LogP) is 5.92. The maximum absolute atomic E-state index is 12.8. The predicted molar refractivity (Wildman–Crippen MR) is 133 cm³/mol. The Balaban J connectivity index is 1.53. The molecule has 2 heterocycles. The van der Waals surface area contributed by atoms with Crippen LogP contribution in [0.25, 0.3) is 11.4 Å². The summed E-state index contributed by atoms with van der Waals surface area (Å²) in [5, 5.41) is 12.5. The quantitative estimate of drug-likeness (QED) is 0.346. The molecule has 2 aromatic carbocycles. The summed E-state index contributed by atoms with van der Waals surface area (Å²) in [4.78, 5) is 12.8. The number of para-hydroxylation sites is 1. The molecule has 0 aliphatic heterocycles. The van der Waals surface area contributed by atoms with Crippen molar-refractivity contribution in [2.75, 3.05) is 11.1 Å². The molecule has 1 amide bonds. The summed E-state index contributed by atoms with van der Waals surface area (Å²) >= 11 is 1.36. The van der Waals surface area contributed by atoms with Crippen LogP contribution in [0.15, 0.2) is 76.5 Å². The van der Waals surface area contributed by atoms with Crippen molar-refractivity contribution in [2.45, 2.75) is 44.8 Å². The monoisotopic (exact) mass is 460 g/mol. The maximum atomic E-state index is 12.8. The van der Waals surface area contributed by atoms with Crippen molar-refractivity contribution in [3.63, 3.8) is 0 Å². The Hall–Kier alpha value is -3.32. The number of hydrogen-bond acceptors (Lipinski definition) is 5. The fraction of sp³-hybridized carbons (Fsp3) is 0.269. The molecule has 170 valence electrons. The third kappa shape index (κ3) is 5.54. The van der Waals surface area contributed by atoms with E-state index in [-0.39, 0.29) is 17.1 Å². The summed E-state index contributed by atoms with van der Waals surface area (Å²) in [5.41, 5.74) is 4.02. The third-order valence-electron chi connectivity index (χ3n) is 5.26. The number of aryl methyl sites for hydroxylation is 1. The van der Waals surface area contributed by atoms with E-state index in [9.17, 15) is 4.79 Å². The van der Waals surface area contributed by atoms with Crippen LogP contribution in [0.5, 0.6) is 0 Å². The molecule has 0 atom stereocenters. The minimum Gasteiger partial charge on any atom is -0.467 e. The second-order valence-electron chi connectivity index (χ2n) is 8.97. The first kappa shape index (κ1) is 22.9. The lowest BCUT2D eigenvalue weighted by Crippen LogP contribution is -2.20. The van der Waals surface area contributed by atoms with Gasteiger partial charge in [0.2, 0.25) is 5.91 Å². The Bertz CT molecular complexity index is 1220. The molecule has 4 aromatic rings. The Morgan fingerprint density at radius 1 is 1.03 bits per heavy atom. The minimum absolute atomic E-state index is 0.0663. The van der Waals surface area contributed by atoms with Gasteiger partial charge in [-0.25, -0.2) is 0 Å². The van der Waals surface area contributed by atoms with Gasteiger partial charge >= 0.3 is 0 Å². The molecule has 0 saturated carbocycles. The van der Waals surface area contributed by atoms with Gasteiger partial charge in [0.1, 0.15) is 5.76 Å². The van der Waals surface area contributed by atoms with Crippen LogP contribution in [-0.2, 0) is 16.8 Å². The molecule has 0 fully saturated rings. The van der Waals surface area contributed by atoms with Gasteiger partial charge in [-0.15, -0.1) is 10.2 Å². The summed E-state index contributed by atoms with van der Waals surface area (Å²) in [6.45, 7) is 8.94. The average Bonchev–Trinajstić information content (AvgIpc) is 3.43. The van der Waals surface area contributed by atoms with E-state index < -0.39 is 0 Å². The molecule has 33 heavy (non-hydrogen) atoms. The summed E-state index contributed by atoms with van der Waals surface area (Å²) in [6.07, 6.45) is 1.65. The molecule has 4 rings (SSSR count). The summed E-state index contributed by atoms with van der Waals surface area (Å²) < 4.78 is 7.55. The highest BCUT2D eigenvalue weighted by atomic mass is 32.2. The van der Waals surface area contributed by atoms with Crippen molar-refractivity contribution < 1.29 is 9.21 Å². The van der Waals surface area contributed by atoms with Crippen LogP contribution >= 0.6 is 11.8 Å². The van der Waals surface area contributed by atoms with Gasteiger partial charge in [0.25, 0.3) is 0 Å². The molecule has 0 radical (unpaired) electrons. The van der Waals surface area contributed by atoms with E-state index in [0.717, 1.165) is 28.4 Å². The molecule has 1 N–H and O–H groups in total. The van der Waals surface area contributed by atoms with Gasteiger partial charge in [-0.1, -0.05) is 80.6 Å². The molecule has 6 nitrogen and oxygen atoms in total. The number of rotatable bonds is 7. The van der Waals surface area contributed by atoms with Crippen molar-refractivity contribution in [1.29, 1.82) is 0 Å². The zero-order valence-corrected chi connectivity index (χ0v) is 20.1. The smallest absolute Gasteiger partial charge is 0.234 e. The average molecular weight is 461 g/mol. The third-order valence-corrected chi connectivity index (χ3v) is 6.23. The minimum atomic E-state index is -0.0823. The standard InChI is InChI=1S/C26H28N4O2S/c1-18-11-13-19(14-12-18)24-28-29-25(30(24)16-20-8-7-15-32-20)33-17-23(31)27-22-10-6-5-9-21(22)26(2,3)4/h5-15H,16-17H2,1-4H3,(H,27,31). The maximum Gasteiger partial charge on any atom is 0.234 e. The van der Waals surface area contributed by atoms with E-state index in [1.54, 1.807) is 6.26 Å². The Labute approximate surface area is 198 Å². The van der Waals surface area contributed by atoms with Crippen LogP contribution in [0.3, 0.4) is 0 Å². The SMILES string of the molecule is Cc1ccc(-c2nnc(SCC(=O)Nc3ccccc3C(C)(C)C)n2Cc2ccco2)cc1. The van der Waals surface area contributed by atoms with E-state index in [2.05, 4.69) is 49.3 Å². The molecule has 0 saturated heterocycles. The number of nitrogens with zero attached hydrogens (tertiary/aromatic N) is 3. The Morgan fingerprint density at radius 3 is 2.48 bits per heavy atom. The van der Waals surface area contributed by atoms with Gasteiger partial charge in [0.05, 0.1) is 18.6 Å². The lowest BCUT2D eigenvalue weighted by molar-refractivity contribution is -0.113. The molecule has 0 bridgehead atoms. The highest BCUT2D eigenvalue weighted by Gasteiger charge is 2.20. The summed E-state index contributed by atoms with van der Waals surface area (Å²) in [6, 6.07) is 19.9. The normalized spacial score (nSPS) is 11.5. The van der Waals surface area contributed by atoms with Crippen LogP contribution in [0, 0.1) is 6.92 Å². The van der Waals surface area contributed by atoms with E-state index in [1.807, 2.05) is 59.2 Å². The van der Waals surface area contributed by atoms with Crippen LogP contribution in [-0.4, -0.2) is 26.4 Å². The number of aromatic nitrogens is 3. The van der Waals surface area contributed by atoms with Crippen molar-refractivity contribution in [2.24, 2.45) is 0 Å². The number of amides is 1. The van der Waals surface area contributed by atoms with Crippen molar-refractivity contribution in [3.05, 3.63) is 83.8 Å². The van der Waals surface area contributed by atoms with Gasteiger partial charge in [0, 0.05) is 11.3 Å². The van der Waals surface area contributed by atoms with E-state index in [0.29, 0.717) is 11.7 Å². The lowest BCUT2D eigenvalue weighted by Gasteiger charge is -2.22. The van der Waals surface area contributed by atoms with Crippen molar-refractivity contribution in [1.82, 2.24) is 14.8 Å². The van der Waals surface area contributed by atoms with Gasteiger partial charge in [0.15, 0.2) is 11.0 Å². The van der Waals surface area contributed by atoms with Crippen molar-refractivity contribution in [3.8, 4) is 11.4 Å².